The molecule has 7 heteroatoms. The second-order valence-corrected chi connectivity index (χ2v) is 4.58. The lowest BCUT2D eigenvalue weighted by Crippen LogP contribution is -2.65. The summed E-state index contributed by atoms with van der Waals surface area (Å²) >= 11 is 0. The number of hydrogen-bond donors (Lipinski definition) is 5. The number of hydrogen-bond acceptors (Lipinski definition) is 6. The van der Waals surface area contributed by atoms with Crippen LogP contribution in [0, 0.1) is 11.7 Å². The quantitative estimate of drug-likeness (QED) is 0.481. The Labute approximate surface area is 105 Å². The van der Waals surface area contributed by atoms with Crippen molar-refractivity contribution in [2.24, 2.45) is 11.7 Å². The molecule has 2 aliphatic heterocycles. The van der Waals surface area contributed by atoms with E-state index in [0.717, 1.165) is 6.54 Å². The van der Waals surface area contributed by atoms with Gasteiger partial charge < -0.3 is 11.2 Å². The van der Waals surface area contributed by atoms with Crippen molar-refractivity contribution in [1.29, 1.82) is 0 Å². The Bertz CT molecular complexity index is 428. The van der Waals surface area contributed by atoms with Crippen LogP contribution in [0.2, 0.25) is 0 Å². The molecule has 2 saturated heterocycles. The van der Waals surface area contributed by atoms with Crippen LogP contribution in [0.15, 0.2) is 24.3 Å². The lowest BCUT2D eigenvalue weighted by Gasteiger charge is -2.40. The van der Waals surface area contributed by atoms with Gasteiger partial charge >= 0.3 is 0 Å². The van der Waals surface area contributed by atoms with Crippen LogP contribution in [-0.4, -0.2) is 30.6 Å². The molecule has 2 aliphatic rings. The molecule has 2 fully saturated rings. The third-order valence-corrected chi connectivity index (χ3v) is 3.44. The second kappa shape index (κ2) is 4.79. The predicted octanol–water partition coefficient (Wildman–Crippen LogP) is -0.650. The summed E-state index contributed by atoms with van der Waals surface area (Å²) in [5.41, 5.74) is 15.8. The Morgan fingerprint density at radius 3 is 3.06 bits per heavy atom. The molecule has 0 bridgehead atoms. The van der Waals surface area contributed by atoms with Crippen LogP contribution in [0.25, 0.3) is 0 Å². The van der Waals surface area contributed by atoms with Crippen molar-refractivity contribution in [1.82, 2.24) is 21.2 Å². The average Bonchev–Trinajstić information content (AvgIpc) is 2.84. The van der Waals surface area contributed by atoms with Crippen molar-refractivity contribution in [3.05, 3.63) is 30.1 Å². The zero-order valence-corrected chi connectivity index (χ0v) is 9.86. The molecule has 1 aromatic carbocycles. The van der Waals surface area contributed by atoms with E-state index in [0.29, 0.717) is 12.4 Å². The molecule has 0 aliphatic carbocycles. The zero-order chi connectivity index (χ0) is 12.5. The SMILES string of the molecule is NC1C2CNNC2NCN1Nc1ccccc1F. The van der Waals surface area contributed by atoms with Crippen molar-refractivity contribution >= 4 is 5.69 Å². The average molecular weight is 252 g/mol. The maximum absolute atomic E-state index is 13.6. The Morgan fingerprint density at radius 2 is 2.22 bits per heavy atom. The van der Waals surface area contributed by atoms with Crippen LogP contribution in [0.5, 0.6) is 0 Å². The lowest BCUT2D eigenvalue weighted by atomic mass is 10.0. The van der Waals surface area contributed by atoms with Crippen LogP contribution in [-0.2, 0) is 0 Å². The van der Waals surface area contributed by atoms with Gasteiger partial charge in [0, 0.05) is 12.5 Å². The molecule has 1 aromatic rings. The van der Waals surface area contributed by atoms with Crippen LogP contribution in [0.4, 0.5) is 10.1 Å². The number of rotatable bonds is 2. The molecule has 98 valence electrons. The molecule has 0 amide bonds. The standard InChI is InChI=1S/C11H17FN6/c12-8-3-1-2-4-9(8)17-18-6-14-11-7(10(18)13)5-15-16-11/h1-4,7,10-11,14-17H,5-6,13H2. The Hall–Kier alpha value is -1.25. The third kappa shape index (κ3) is 2.06. The van der Waals surface area contributed by atoms with E-state index >= 15 is 0 Å². The first kappa shape index (κ1) is 11.8. The number of nitrogens with zero attached hydrogens (tertiary/aromatic N) is 1. The van der Waals surface area contributed by atoms with E-state index in [1.54, 1.807) is 18.2 Å². The Morgan fingerprint density at radius 1 is 1.39 bits per heavy atom. The highest BCUT2D eigenvalue weighted by Gasteiger charge is 2.39. The topological polar surface area (TPSA) is 77.4 Å². The van der Waals surface area contributed by atoms with Crippen molar-refractivity contribution in [2.45, 2.75) is 12.3 Å². The summed E-state index contributed by atoms with van der Waals surface area (Å²) < 4.78 is 13.6. The van der Waals surface area contributed by atoms with Crippen LogP contribution < -0.4 is 27.3 Å². The van der Waals surface area contributed by atoms with Crippen molar-refractivity contribution in [3.8, 4) is 0 Å². The van der Waals surface area contributed by atoms with E-state index in [9.17, 15) is 4.39 Å². The van der Waals surface area contributed by atoms with E-state index in [2.05, 4.69) is 21.6 Å². The van der Waals surface area contributed by atoms with Gasteiger partial charge in [-0.25, -0.2) is 9.82 Å². The molecule has 2 heterocycles. The highest BCUT2D eigenvalue weighted by Crippen LogP contribution is 2.20. The number of halogens is 1. The minimum absolute atomic E-state index is 0.165. The van der Waals surface area contributed by atoms with Crippen molar-refractivity contribution < 1.29 is 4.39 Å². The zero-order valence-electron chi connectivity index (χ0n) is 9.86. The van der Waals surface area contributed by atoms with Gasteiger partial charge in [-0.1, -0.05) is 12.1 Å². The summed E-state index contributed by atoms with van der Waals surface area (Å²) in [5.74, 6) is -0.0486. The molecular weight excluding hydrogens is 235 g/mol. The van der Waals surface area contributed by atoms with E-state index in [-0.39, 0.29) is 24.1 Å². The summed E-state index contributed by atoms with van der Waals surface area (Å²) in [5, 5.41) is 5.10. The fourth-order valence-electron chi connectivity index (χ4n) is 2.39. The molecule has 18 heavy (non-hydrogen) atoms. The minimum Gasteiger partial charge on any atom is -0.314 e. The summed E-state index contributed by atoms with van der Waals surface area (Å²) in [6, 6.07) is 6.57. The second-order valence-electron chi connectivity index (χ2n) is 4.58. The highest BCUT2D eigenvalue weighted by atomic mass is 19.1. The molecule has 0 radical (unpaired) electrons. The Balaban J connectivity index is 1.72. The van der Waals surface area contributed by atoms with Gasteiger partial charge in [0.25, 0.3) is 0 Å². The highest BCUT2D eigenvalue weighted by molar-refractivity contribution is 5.43. The number of anilines is 1. The molecule has 0 aromatic heterocycles. The molecule has 3 atom stereocenters. The van der Waals surface area contributed by atoms with Gasteiger partial charge in [-0.2, -0.15) is 5.01 Å². The maximum Gasteiger partial charge on any atom is 0.147 e. The lowest BCUT2D eigenvalue weighted by molar-refractivity contribution is 0.0941. The number of fused-ring (bicyclic) bond motifs is 1. The number of benzene rings is 1. The van der Waals surface area contributed by atoms with Crippen LogP contribution >= 0.6 is 0 Å². The van der Waals surface area contributed by atoms with Crippen LogP contribution in [0.1, 0.15) is 0 Å². The molecule has 3 unspecified atom stereocenters. The fourth-order valence-corrected chi connectivity index (χ4v) is 2.39. The van der Waals surface area contributed by atoms with Gasteiger partial charge in [0.1, 0.15) is 5.82 Å². The van der Waals surface area contributed by atoms with E-state index < -0.39 is 0 Å². The first-order chi connectivity index (χ1) is 8.75. The molecule has 3 rings (SSSR count). The van der Waals surface area contributed by atoms with Gasteiger partial charge in [0.2, 0.25) is 0 Å². The van der Waals surface area contributed by atoms with Gasteiger partial charge in [-0.05, 0) is 12.1 Å². The first-order valence-electron chi connectivity index (χ1n) is 6.01. The number of nitrogens with two attached hydrogens (primary N) is 1. The van der Waals surface area contributed by atoms with Gasteiger partial charge in [0.15, 0.2) is 0 Å². The maximum atomic E-state index is 13.6. The molecule has 6 N–H and O–H groups in total. The number of para-hydroxylation sites is 1. The number of hydrazine groups is 2. The molecule has 0 spiro atoms. The largest absolute Gasteiger partial charge is 0.314 e. The molecule has 0 saturated carbocycles. The van der Waals surface area contributed by atoms with E-state index in [1.165, 1.54) is 6.07 Å². The minimum atomic E-state index is -0.283. The normalized spacial score (nSPS) is 32.2. The number of nitrogens with one attached hydrogen (secondary N) is 4. The predicted molar refractivity (Wildman–Crippen MR) is 66.3 cm³/mol. The summed E-state index contributed by atoms with van der Waals surface area (Å²) in [6.07, 6.45) is -0.0166. The fraction of sp³-hybridized carbons (Fsp3) is 0.455. The Kier molecular flexibility index (Phi) is 3.14. The monoisotopic (exact) mass is 252 g/mol. The first-order valence-corrected chi connectivity index (χ1v) is 6.01. The summed E-state index contributed by atoms with van der Waals surface area (Å²) in [7, 11) is 0. The molecular formula is C11H17FN6. The van der Waals surface area contributed by atoms with E-state index in [4.69, 9.17) is 5.73 Å². The smallest absolute Gasteiger partial charge is 0.147 e. The third-order valence-electron chi connectivity index (χ3n) is 3.44. The summed E-state index contributed by atoms with van der Waals surface area (Å²) in [6.45, 7) is 1.33. The van der Waals surface area contributed by atoms with Gasteiger partial charge in [0.05, 0.1) is 24.7 Å². The molecule has 6 nitrogen and oxygen atoms in total. The van der Waals surface area contributed by atoms with Gasteiger partial charge in [-0.3, -0.25) is 10.7 Å². The van der Waals surface area contributed by atoms with Gasteiger partial charge in [-0.15, -0.1) is 0 Å². The summed E-state index contributed by atoms with van der Waals surface area (Å²) in [4.78, 5) is 0. The van der Waals surface area contributed by atoms with Crippen molar-refractivity contribution in [3.63, 3.8) is 0 Å². The van der Waals surface area contributed by atoms with Crippen molar-refractivity contribution in [2.75, 3.05) is 18.6 Å². The van der Waals surface area contributed by atoms with E-state index in [1.807, 2.05) is 5.01 Å². The van der Waals surface area contributed by atoms with Crippen LogP contribution in [0.3, 0.4) is 0 Å².